The van der Waals surface area contributed by atoms with E-state index in [0.29, 0.717) is 5.92 Å². The van der Waals surface area contributed by atoms with Crippen LogP contribution < -0.4 is 5.73 Å². The minimum Gasteiger partial charge on any atom is -0.340 e. The predicted octanol–water partition coefficient (Wildman–Crippen LogP) is 1.86. The van der Waals surface area contributed by atoms with E-state index in [1.54, 1.807) is 0 Å². The molecule has 2 atom stereocenters. The maximum atomic E-state index is 6.08. The third-order valence-electron chi connectivity index (χ3n) is 3.42. The van der Waals surface area contributed by atoms with Crippen LogP contribution in [0.5, 0.6) is 0 Å². The molecule has 1 aliphatic rings. The fourth-order valence-electron chi connectivity index (χ4n) is 2.51. The Morgan fingerprint density at radius 1 is 1.31 bits per heavy atom. The van der Waals surface area contributed by atoms with E-state index in [0.717, 1.165) is 35.5 Å². The Bertz CT molecular complexity index is 517. The first kappa shape index (κ1) is 9.78. The van der Waals surface area contributed by atoms with Gasteiger partial charge in [0.15, 0.2) is 5.65 Å². The molecule has 2 heterocycles. The number of nitrogens with zero attached hydrogens (tertiary/aromatic N) is 2. The van der Waals surface area contributed by atoms with E-state index in [1.807, 2.05) is 19.1 Å². The van der Waals surface area contributed by atoms with Crippen LogP contribution in [0.2, 0.25) is 0 Å². The van der Waals surface area contributed by atoms with Crippen LogP contribution in [0.15, 0.2) is 12.1 Å². The maximum absolute atomic E-state index is 6.08. The second-order valence-corrected chi connectivity index (χ2v) is 4.65. The number of aromatic amines is 1. The van der Waals surface area contributed by atoms with Crippen molar-refractivity contribution in [3.8, 4) is 0 Å². The summed E-state index contributed by atoms with van der Waals surface area (Å²) in [6.45, 7) is 1.98. The summed E-state index contributed by atoms with van der Waals surface area (Å²) < 4.78 is 0. The molecule has 0 aromatic carbocycles. The summed E-state index contributed by atoms with van der Waals surface area (Å²) in [7, 11) is 0. The van der Waals surface area contributed by atoms with Gasteiger partial charge in [0, 0.05) is 17.7 Å². The lowest BCUT2D eigenvalue weighted by atomic mass is 10.0. The first-order valence-corrected chi connectivity index (χ1v) is 5.83. The van der Waals surface area contributed by atoms with Gasteiger partial charge in [-0.3, -0.25) is 0 Å². The van der Waals surface area contributed by atoms with Gasteiger partial charge in [0.05, 0.1) is 5.52 Å². The third-order valence-corrected chi connectivity index (χ3v) is 3.42. The number of nitrogens with one attached hydrogen (secondary N) is 1. The fraction of sp³-hybridized carbons (Fsp3) is 0.500. The minimum absolute atomic E-state index is 0.252. The molecular weight excluding hydrogens is 200 g/mol. The van der Waals surface area contributed by atoms with E-state index >= 15 is 0 Å². The number of aryl methyl sites for hydroxylation is 1. The molecule has 1 aliphatic carbocycles. The number of pyridine rings is 1. The molecule has 4 nitrogen and oxygen atoms in total. The van der Waals surface area contributed by atoms with Gasteiger partial charge in [-0.05, 0) is 31.9 Å². The summed E-state index contributed by atoms with van der Waals surface area (Å²) in [5.41, 5.74) is 8.91. The Labute approximate surface area is 94.3 Å². The molecule has 2 unspecified atom stereocenters. The van der Waals surface area contributed by atoms with Gasteiger partial charge in [0.1, 0.15) is 5.82 Å². The van der Waals surface area contributed by atoms with Crippen molar-refractivity contribution in [1.82, 2.24) is 15.0 Å². The molecule has 3 rings (SSSR count). The lowest BCUT2D eigenvalue weighted by Gasteiger charge is -2.11. The highest BCUT2D eigenvalue weighted by Gasteiger charge is 2.28. The molecule has 0 aliphatic heterocycles. The molecule has 84 valence electrons. The third kappa shape index (κ3) is 1.50. The van der Waals surface area contributed by atoms with Gasteiger partial charge in [-0.1, -0.05) is 6.42 Å². The highest BCUT2D eigenvalue weighted by molar-refractivity contribution is 5.70. The van der Waals surface area contributed by atoms with Crippen LogP contribution in [0.25, 0.3) is 11.2 Å². The quantitative estimate of drug-likeness (QED) is 0.764. The zero-order valence-electron chi connectivity index (χ0n) is 9.40. The van der Waals surface area contributed by atoms with E-state index < -0.39 is 0 Å². The molecular formula is C12H16N4. The molecule has 1 saturated carbocycles. The largest absolute Gasteiger partial charge is 0.340 e. The number of nitrogens with two attached hydrogens (primary N) is 1. The number of rotatable bonds is 1. The Morgan fingerprint density at radius 2 is 2.19 bits per heavy atom. The van der Waals surface area contributed by atoms with Crippen molar-refractivity contribution in [2.75, 3.05) is 0 Å². The number of fused-ring (bicyclic) bond motifs is 1. The van der Waals surface area contributed by atoms with Gasteiger partial charge < -0.3 is 10.7 Å². The van der Waals surface area contributed by atoms with Crippen LogP contribution in [0.3, 0.4) is 0 Å². The van der Waals surface area contributed by atoms with E-state index in [2.05, 4.69) is 15.0 Å². The molecule has 0 spiro atoms. The molecule has 3 N–H and O–H groups in total. The molecule has 16 heavy (non-hydrogen) atoms. The molecule has 0 saturated heterocycles. The van der Waals surface area contributed by atoms with Gasteiger partial charge in [0.2, 0.25) is 0 Å². The van der Waals surface area contributed by atoms with Crippen molar-refractivity contribution in [3.05, 3.63) is 23.7 Å². The molecule has 0 bridgehead atoms. The smallest absolute Gasteiger partial charge is 0.177 e. The number of aromatic nitrogens is 3. The Balaban J connectivity index is 2.04. The summed E-state index contributed by atoms with van der Waals surface area (Å²) in [4.78, 5) is 12.3. The maximum Gasteiger partial charge on any atom is 0.177 e. The zero-order valence-corrected chi connectivity index (χ0v) is 9.40. The highest BCUT2D eigenvalue weighted by Crippen LogP contribution is 2.32. The number of hydrogen-bond acceptors (Lipinski definition) is 3. The number of H-pyrrole nitrogens is 1. The standard InChI is InChI=1S/C12H16N4/c1-7-5-6-10-12(14-7)16-11(15-10)8-3-2-4-9(8)13/h5-6,8-9H,2-4,13H2,1H3,(H,14,15,16). The van der Waals surface area contributed by atoms with Crippen molar-refractivity contribution in [3.63, 3.8) is 0 Å². The van der Waals surface area contributed by atoms with Crippen molar-refractivity contribution in [2.24, 2.45) is 5.73 Å². The van der Waals surface area contributed by atoms with E-state index in [1.165, 1.54) is 6.42 Å². The average molecular weight is 216 g/mol. The molecule has 4 heteroatoms. The van der Waals surface area contributed by atoms with Gasteiger partial charge >= 0.3 is 0 Å². The molecule has 1 fully saturated rings. The summed E-state index contributed by atoms with van der Waals surface area (Å²) >= 11 is 0. The first-order valence-electron chi connectivity index (χ1n) is 5.83. The first-order chi connectivity index (χ1) is 7.74. The van der Waals surface area contributed by atoms with Gasteiger partial charge in [-0.15, -0.1) is 0 Å². The lowest BCUT2D eigenvalue weighted by Crippen LogP contribution is -2.23. The van der Waals surface area contributed by atoms with Gasteiger partial charge in [-0.25, -0.2) is 9.97 Å². The molecule has 2 aromatic rings. The van der Waals surface area contributed by atoms with Gasteiger partial charge in [-0.2, -0.15) is 0 Å². The van der Waals surface area contributed by atoms with Crippen molar-refractivity contribution >= 4 is 11.2 Å². The second kappa shape index (κ2) is 3.56. The van der Waals surface area contributed by atoms with E-state index in [-0.39, 0.29) is 6.04 Å². The van der Waals surface area contributed by atoms with E-state index in [9.17, 15) is 0 Å². The summed E-state index contributed by atoms with van der Waals surface area (Å²) in [6, 6.07) is 4.29. The number of hydrogen-bond donors (Lipinski definition) is 2. The topological polar surface area (TPSA) is 67.6 Å². The SMILES string of the molecule is Cc1ccc2[nH]c(C3CCCC3N)nc2n1. The fourth-order valence-corrected chi connectivity index (χ4v) is 2.51. The van der Waals surface area contributed by atoms with Crippen LogP contribution in [0, 0.1) is 6.92 Å². The minimum atomic E-state index is 0.252. The monoisotopic (exact) mass is 216 g/mol. The van der Waals surface area contributed by atoms with E-state index in [4.69, 9.17) is 5.73 Å². The van der Waals surface area contributed by atoms with Crippen molar-refractivity contribution < 1.29 is 0 Å². The Morgan fingerprint density at radius 3 is 2.94 bits per heavy atom. The summed E-state index contributed by atoms with van der Waals surface area (Å²) in [5, 5.41) is 0. The normalized spacial score (nSPS) is 25.4. The van der Waals surface area contributed by atoms with Crippen molar-refractivity contribution in [1.29, 1.82) is 0 Å². The Kier molecular flexibility index (Phi) is 2.17. The van der Waals surface area contributed by atoms with Crippen LogP contribution in [-0.2, 0) is 0 Å². The average Bonchev–Trinajstić information content (AvgIpc) is 2.82. The van der Waals surface area contributed by atoms with Crippen LogP contribution in [0.4, 0.5) is 0 Å². The van der Waals surface area contributed by atoms with Crippen LogP contribution in [0.1, 0.15) is 36.7 Å². The predicted molar refractivity (Wildman–Crippen MR) is 63.2 cm³/mol. The Hall–Kier alpha value is -1.42. The summed E-state index contributed by atoms with van der Waals surface area (Å²) in [5.74, 6) is 1.40. The lowest BCUT2D eigenvalue weighted by molar-refractivity contribution is 0.588. The van der Waals surface area contributed by atoms with Crippen LogP contribution >= 0.6 is 0 Å². The second-order valence-electron chi connectivity index (χ2n) is 4.65. The molecule has 0 radical (unpaired) electrons. The number of imidazole rings is 1. The van der Waals surface area contributed by atoms with Crippen LogP contribution in [-0.4, -0.2) is 21.0 Å². The summed E-state index contributed by atoms with van der Waals surface area (Å²) in [6.07, 6.45) is 3.45. The molecule has 2 aromatic heterocycles. The van der Waals surface area contributed by atoms with Gasteiger partial charge in [0.25, 0.3) is 0 Å². The van der Waals surface area contributed by atoms with Crippen molar-refractivity contribution in [2.45, 2.75) is 38.1 Å². The highest BCUT2D eigenvalue weighted by atomic mass is 15.0. The molecule has 0 amide bonds. The zero-order chi connectivity index (χ0) is 11.1.